The Morgan fingerprint density at radius 3 is 0.833 bits per heavy atom. The van der Waals surface area contributed by atoms with E-state index in [-0.39, 0.29) is 11.1 Å². The maximum Gasteiger partial charge on any atom is 0.134 e. The van der Waals surface area contributed by atoms with Gasteiger partial charge in [-0.15, -0.1) is 0 Å². The third-order valence-corrected chi connectivity index (χ3v) is 5.36. The molecule has 0 bridgehead atoms. The number of fused-ring (bicyclic) bond motifs is 2. The SMILES string of the molecule is Fc1cccc(F)c1-c1c2ccccc2c(-c2c(F)cccc2F)c2ccccc12. The molecule has 0 N–H and O–H groups in total. The van der Waals surface area contributed by atoms with Crippen molar-refractivity contribution in [2.75, 3.05) is 0 Å². The lowest BCUT2D eigenvalue weighted by molar-refractivity contribution is 0.589. The average Bonchev–Trinajstić information content (AvgIpc) is 2.74. The van der Waals surface area contributed by atoms with Crippen molar-refractivity contribution in [2.45, 2.75) is 0 Å². The summed E-state index contributed by atoms with van der Waals surface area (Å²) in [6.45, 7) is 0. The second-order valence-electron chi connectivity index (χ2n) is 7.03. The van der Waals surface area contributed by atoms with E-state index in [1.165, 1.54) is 36.4 Å². The molecule has 5 aromatic rings. The van der Waals surface area contributed by atoms with E-state index in [4.69, 9.17) is 0 Å². The Morgan fingerprint density at radius 2 is 0.567 bits per heavy atom. The van der Waals surface area contributed by atoms with Gasteiger partial charge in [-0.2, -0.15) is 0 Å². The summed E-state index contributed by atoms with van der Waals surface area (Å²) < 4.78 is 59.1. The lowest BCUT2D eigenvalue weighted by atomic mass is 9.85. The molecule has 30 heavy (non-hydrogen) atoms. The summed E-state index contributed by atoms with van der Waals surface area (Å²) in [5.41, 5.74) is 0.394. The fourth-order valence-corrected chi connectivity index (χ4v) is 4.14. The van der Waals surface area contributed by atoms with E-state index in [1.807, 2.05) is 0 Å². The molecular formula is C26H14F4. The topological polar surface area (TPSA) is 0 Å². The lowest BCUT2D eigenvalue weighted by Gasteiger charge is -2.18. The monoisotopic (exact) mass is 402 g/mol. The summed E-state index contributed by atoms with van der Waals surface area (Å²) in [6, 6.07) is 21.2. The number of hydrogen-bond donors (Lipinski definition) is 0. The van der Waals surface area contributed by atoms with Gasteiger partial charge >= 0.3 is 0 Å². The van der Waals surface area contributed by atoms with E-state index in [9.17, 15) is 17.6 Å². The molecule has 0 aromatic heterocycles. The first kappa shape index (κ1) is 18.4. The van der Waals surface area contributed by atoms with Gasteiger partial charge in [0.05, 0.1) is 11.1 Å². The molecule has 0 atom stereocenters. The molecule has 0 heterocycles. The zero-order chi connectivity index (χ0) is 20.8. The van der Waals surface area contributed by atoms with Gasteiger partial charge < -0.3 is 0 Å². The molecule has 0 nitrogen and oxygen atoms in total. The molecule has 4 heteroatoms. The highest BCUT2D eigenvalue weighted by Gasteiger charge is 2.23. The Balaban J connectivity index is 2.07. The maximum atomic E-state index is 14.8. The maximum absolute atomic E-state index is 14.8. The van der Waals surface area contributed by atoms with Gasteiger partial charge in [-0.1, -0.05) is 60.7 Å². The van der Waals surface area contributed by atoms with Gasteiger partial charge in [0.1, 0.15) is 23.3 Å². The van der Waals surface area contributed by atoms with Crippen molar-refractivity contribution in [3.8, 4) is 22.3 Å². The number of benzene rings is 5. The van der Waals surface area contributed by atoms with Crippen LogP contribution in [0.25, 0.3) is 43.8 Å². The lowest BCUT2D eigenvalue weighted by Crippen LogP contribution is -1.97. The summed E-state index contributed by atoms with van der Waals surface area (Å²) >= 11 is 0. The number of hydrogen-bond acceptors (Lipinski definition) is 0. The highest BCUT2D eigenvalue weighted by molar-refractivity contribution is 6.21. The van der Waals surface area contributed by atoms with Crippen LogP contribution in [0.15, 0.2) is 84.9 Å². The molecule has 0 fully saturated rings. The highest BCUT2D eigenvalue weighted by atomic mass is 19.1. The van der Waals surface area contributed by atoms with Crippen LogP contribution in [0.1, 0.15) is 0 Å². The largest absolute Gasteiger partial charge is 0.206 e. The quantitative estimate of drug-likeness (QED) is 0.208. The van der Waals surface area contributed by atoms with Gasteiger partial charge in [-0.3, -0.25) is 0 Å². The second kappa shape index (κ2) is 6.99. The molecule has 0 aliphatic rings. The molecule has 0 unspecified atom stereocenters. The molecular weight excluding hydrogens is 388 g/mol. The van der Waals surface area contributed by atoms with Crippen LogP contribution >= 0.6 is 0 Å². The van der Waals surface area contributed by atoms with Crippen molar-refractivity contribution in [1.29, 1.82) is 0 Å². The minimum atomic E-state index is -0.699. The van der Waals surface area contributed by atoms with E-state index in [0.717, 1.165) is 0 Å². The average molecular weight is 402 g/mol. The van der Waals surface area contributed by atoms with Gasteiger partial charge in [0.15, 0.2) is 0 Å². The predicted molar refractivity (Wildman–Crippen MR) is 112 cm³/mol. The molecule has 5 aromatic carbocycles. The molecule has 146 valence electrons. The Bertz CT molecular complexity index is 1230. The van der Waals surface area contributed by atoms with Crippen LogP contribution in [-0.4, -0.2) is 0 Å². The van der Waals surface area contributed by atoms with E-state index in [2.05, 4.69) is 0 Å². The first-order chi connectivity index (χ1) is 14.6. The Hall–Kier alpha value is -3.66. The zero-order valence-corrected chi connectivity index (χ0v) is 15.6. The van der Waals surface area contributed by atoms with Crippen LogP contribution in [0.4, 0.5) is 17.6 Å². The summed E-state index contributed by atoms with van der Waals surface area (Å²) in [4.78, 5) is 0. The van der Waals surface area contributed by atoms with Crippen molar-refractivity contribution >= 4 is 21.5 Å². The van der Waals surface area contributed by atoms with E-state index >= 15 is 0 Å². The summed E-state index contributed by atoms with van der Waals surface area (Å²) in [7, 11) is 0. The van der Waals surface area contributed by atoms with Crippen LogP contribution in [0.5, 0.6) is 0 Å². The van der Waals surface area contributed by atoms with Crippen LogP contribution in [0.3, 0.4) is 0 Å². The second-order valence-corrected chi connectivity index (χ2v) is 7.03. The third kappa shape index (κ3) is 2.68. The van der Waals surface area contributed by atoms with Crippen LogP contribution in [0.2, 0.25) is 0 Å². The van der Waals surface area contributed by atoms with Gasteiger partial charge in [0.2, 0.25) is 0 Å². The summed E-state index contributed by atoms with van der Waals surface area (Å²) in [5, 5.41) is 2.05. The Labute approximate surface area is 170 Å². The fourth-order valence-electron chi connectivity index (χ4n) is 4.14. The highest BCUT2D eigenvalue weighted by Crippen LogP contribution is 2.45. The predicted octanol–water partition coefficient (Wildman–Crippen LogP) is 7.88. The molecule has 0 saturated carbocycles. The molecule has 0 spiro atoms. The first-order valence-corrected chi connectivity index (χ1v) is 9.40. The van der Waals surface area contributed by atoms with Crippen molar-refractivity contribution in [2.24, 2.45) is 0 Å². The zero-order valence-electron chi connectivity index (χ0n) is 15.6. The molecule has 0 radical (unpaired) electrons. The standard InChI is InChI=1S/C26H14F4/c27-19-11-5-12-20(28)25(19)23-15-7-1-2-8-16(15)24(18-10-4-3-9-17(18)23)26-21(29)13-6-14-22(26)30/h1-14H. The van der Waals surface area contributed by atoms with Gasteiger partial charge in [-0.25, -0.2) is 17.6 Å². The molecule has 5 rings (SSSR count). The summed E-state index contributed by atoms with van der Waals surface area (Å²) in [5.74, 6) is -2.80. The van der Waals surface area contributed by atoms with Gasteiger partial charge in [0, 0.05) is 11.1 Å². The minimum Gasteiger partial charge on any atom is -0.206 e. The summed E-state index contributed by atoms with van der Waals surface area (Å²) in [6.07, 6.45) is 0. The molecule has 0 aliphatic carbocycles. The fraction of sp³-hybridized carbons (Fsp3) is 0. The molecule has 0 aliphatic heterocycles. The van der Waals surface area contributed by atoms with Crippen LogP contribution < -0.4 is 0 Å². The smallest absolute Gasteiger partial charge is 0.134 e. The van der Waals surface area contributed by atoms with Crippen molar-refractivity contribution < 1.29 is 17.6 Å². The van der Waals surface area contributed by atoms with E-state index < -0.39 is 23.3 Å². The van der Waals surface area contributed by atoms with Crippen molar-refractivity contribution in [3.05, 3.63) is 108 Å². The van der Waals surface area contributed by atoms with E-state index in [0.29, 0.717) is 32.7 Å². The first-order valence-electron chi connectivity index (χ1n) is 9.40. The van der Waals surface area contributed by atoms with Crippen molar-refractivity contribution in [3.63, 3.8) is 0 Å². The minimum absolute atomic E-state index is 0.162. The van der Waals surface area contributed by atoms with Crippen molar-refractivity contribution in [1.82, 2.24) is 0 Å². The molecule has 0 saturated heterocycles. The van der Waals surface area contributed by atoms with Crippen LogP contribution in [-0.2, 0) is 0 Å². The number of halogens is 4. The number of rotatable bonds is 2. The third-order valence-electron chi connectivity index (χ3n) is 5.36. The normalized spacial score (nSPS) is 11.3. The van der Waals surface area contributed by atoms with Gasteiger partial charge in [-0.05, 0) is 45.8 Å². The van der Waals surface area contributed by atoms with Crippen LogP contribution in [0, 0.1) is 23.3 Å². The Kier molecular flexibility index (Phi) is 4.28. The molecule has 0 amide bonds. The van der Waals surface area contributed by atoms with Gasteiger partial charge in [0.25, 0.3) is 0 Å². The Morgan fingerprint density at radius 1 is 0.300 bits per heavy atom. The van der Waals surface area contributed by atoms with E-state index in [1.54, 1.807) is 48.5 Å².